The summed E-state index contributed by atoms with van der Waals surface area (Å²) in [5.41, 5.74) is 0.588. The number of aryl methyl sites for hydroxylation is 1. The van der Waals surface area contributed by atoms with Crippen molar-refractivity contribution in [2.24, 2.45) is 5.41 Å². The maximum Gasteiger partial charge on any atom is 0.408 e. The lowest BCUT2D eigenvalue weighted by atomic mass is 9.78. The molecule has 0 unspecified atom stereocenters. The molecule has 3 atom stereocenters. The summed E-state index contributed by atoms with van der Waals surface area (Å²) in [5.74, 6) is 0. The molecule has 0 aliphatic carbocycles. The van der Waals surface area contributed by atoms with Gasteiger partial charge in [-0.05, 0) is 33.3 Å². The van der Waals surface area contributed by atoms with Gasteiger partial charge in [0.05, 0.1) is 18.2 Å². The van der Waals surface area contributed by atoms with E-state index in [0.29, 0.717) is 0 Å². The SMILES string of the molecule is Cc1ccc([C@H](NC(=O)OC(C)(C)C)[C@@H](O)[C@H]2NC(=O)OCC2(C)C)cc1. The second-order valence-electron chi connectivity index (χ2n) is 8.71. The highest BCUT2D eigenvalue weighted by Crippen LogP contribution is 2.32. The van der Waals surface area contributed by atoms with E-state index in [1.54, 1.807) is 20.8 Å². The molecule has 27 heavy (non-hydrogen) atoms. The fraction of sp³-hybridized carbons (Fsp3) is 0.600. The fourth-order valence-corrected chi connectivity index (χ4v) is 3.02. The van der Waals surface area contributed by atoms with Gasteiger partial charge in [0.1, 0.15) is 12.2 Å². The Morgan fingerprint density at radius 3 is 2.48 bits per heavy atom. The van der Waals surface area contributed by atoms with Crippen molar-refractivity contribution in [1.29, 1.82) is 0 Å². The summed E-state index contributed by atoms with van der Waals surface area (Å²) in [5, 5.41) is 16.6. The molecular weight excluding hydrogens is 348 g/mol. The van der Waals surface area contributed by atoms with Crippen LogP contribution >= 0.6 is 0 Å². The zero-order valence-electron chi connectivity index (χ0n) is 16.8. The third-order valence-corrected chi connectivity index (χ3v) is 4.48. The maximum atomic E-state index is 12.4. The molecule has 2 amide bonds. The number of rotatable bonds is 4. The lowest BCUT2D eigenvalue weighted by molar-refractivity contribution is -0.0265. The smallest absolute Gasteiger partial charge is 0.408 e. The Hall–Kier alpha value is -2.28. The number of carbonyl (C=O) groups excluding carboxylic acids is 2. The maximum absolute atomic E-state index is 12.4. The van der Waals surface area contributed by atoms with E-state index in [4.69, 9.17) is 9.47 Å². The Kier molecular flexibility index (Phi) is 6.04. The van der Waals surface area contributed by atoms with Crippen molar-refractivity contribution >= 4 is 12.2 Å². The number of cyclic esters (lactones) is 1. The minimum atomic E-state index is -1.08. The summed E-state index contributed by atoms with van der Waals surface area (Å²) in [6, 6.07) is 6.12. The molecule has 3 N–H and O–H groups in total. The van der Waals surface area contributed by atoms with E-state index in [0.717, 1.165) is 11.1 Å². The van der Waals surface area contributed by atoms with Crippen LogP contribution in [0.5, 0.6) is 0 Å². The lowest BCUT2D eigenvalue weighted by Gasteiger charge is -2.43. The number of carbonyl (C=O) groups is 2. The Morgan fingerprint density at radius 1 is 1.33 bits per heavy atom. The minimum absolute atomic E-state index is 0.174. The summed E-state index contributed by atoms with van der Waals surface area (Å²) in [6.07, 6.45) is -2.30. The van der Waals surface area contributed by atoms with Gasteiger partial charge in [0, 0.05) is 5.41 Å². The number of benzene rings is 1. The summed E-state index contributed by atoms with van der Waals surface area (Å²) < 4.78 is 10.4. The highest BCUT2D eigenvalue weighted by Gasteiger charge is 2.44. The van der Waals surface area contributed by atoms with E-state index >= 15 is 0 Å². The minimum Gasteiger partial charge on any atom is -0.449 e. The van der Waals surface area contributed by atoms with Gasteiger partial charge in [0.2, 0.25) is 0 Å². The molecule has 1 aromatic rings. The van der Waals surface area contributed by atoms with Gasteiger partial charge in [-0.15, -0.1) is 0 Å². The molecule has 0 spiro atoms. The molecular formula is C20H30N2O5. The molecule has 0 aromatic heterocycles. The third-order valence-electron chi connectivity index (χ3n) is 4.48. The van der Waals surface area contributed by atoms with Crippen LogP contribution in [0.3, 0.4) is 0 Å². The first-order valence-electron chi connectivity index (χ1n) is 9.06. The van der Waals surface area contributed by atoms with Crippen LogP contribution < -0.4 is 10.6 Å². The molecule has 1 heterocycles. The topological polar surface area (TPSA) is 96.9 Å². The summed E-state index contributed by atoms with van der Waals surface area (Å²) in [6.45, 7) is 11.2. The summed E-state index contributed by atoms with van der Waals surface area (Å²) >= 11 is 0. The van der Waals surface area contributed by atoms with Crippen LogP contribution in [-0.4, -0.2) is 41.6 Å². The van der Waals surface area contributed by atoms with Gasteiger partial charge >= 0.3 is 12.2 Å². The molecule has 0 radical (unpaired) electrons. The number of aliphatic hydroxyl groups is 1. The Bertz CT molecular complexity index is 679. The number of aliphatic hydroxyl groups excluding tert-OH is 1. The number of ether oxygens (including phenoxy) is 2. The van der Waals surface area contributed by atoms with Gasteiger partial charge in [0.25, 0.3) is 0 Å². The van der Waals surface area contributed by atoms with E-state index in [-0.39, 0.29) is 6.61 Å². The van der Waals surface area contributed by atoms with Crippen LogP contribution in [0, 0.1) is 12.3 Å². The second-order valence-corrected chi connectivity index (χ2v) is 8.71. The van der Waals surface area contributed by atoms with Gasteiger partial charge in [0.15, 0.2) is 0 Å². The van der Waals surface area contributed by atoms with E-state index in [9.17, 15) is 14.7 Å². The van der Waals surface area contributed by atoms with Crippen LogP contribution in [0.15, 0.2) is 24.3 Å². The van der Waals surface area contributed by atoms with Crippen LogP contribution in [0.25, 0.3) is 0 Å². The van der Waals surface area contributed by atoms with Crippen LogP contribution in [0.1, 0.15) is 51.8 Å². The highest BCUT2D eigenvalue weighted by atomic mass is 16.6. The van der Waals surface area contributed by atoms with Gasteiger partial charge in [-0.3, -0.25) is 0 Å². The first kappa shape index (κ1) is 21.0. The Balaban J connectivity index is 2.31. The average Bonchev–Trinajstić information content (AvgIpc) is 2.54. The van der Waals surface area contributed by atoms with Crippen LogP contribution in [0.2, 0.25) is 0 Å². The predicted molar refractivity (Wildman–Crippen MR) is 101 cm³/mol. The Morgan fingerprint density at radius 2 is 1.93 bits per heavy atom. The number of amides is 2. The predicted octanol–water partition coefficient (Wildman–Crippen LogP) is 3.06. The second kappa shape index (κ2) is 7.76. The van der Waals surface area contributed by atoms with Crippen molar-refractivity contribution in [1.82, 2.24) is 10.6 Å². The Labute approximate surface area is 160 Å². The molecule has 0 bridgehead atoms. The molecule has 0 saturated carbocycles. The molecule has 7 nitrogen and oxygen atoms in total. The highest BCUT2D eigenvalue weighted by molar-refractivity contribution is 5.70. The van der Waals surface area contributed by atoms with Crippen molar-refractivity contribution in [3.63, 3.8) is 0 Å². The monoisotopic (exact) mass is 378 g/mol. The molecule has 1 fully saturated rings. The summed E-state index contributed by atoms with van der Waals surface area (Å²) in [4.78, 5) is 24.1. The number of nitrogens with one attached hydrogen (secondary N) is 2. The van der Waals surface area contributed by atoms with E-state index < -0.39 is 41.4 Å². The third kappa shape index (κ3) is 5.60. The van der Waals surface area contributed by atoms with Gasteiger partial charge < -0.3 is 25.2 Å². The van der Waals surface area contributed by atoms with Gasteiger partial charge in [-0.25, -0.2) is 9.59 Å². The van der Waals surface area contributed by atoms with E-state index in [2.05, 4.69) is 10.6 Å². The van der Waals surface area contributed by atoms with Crippen molar-refractivity contribution < 1.29 is 24.2 Å². The number of hydrogen-bond acceptors (Lipinski definition) is 5. The van der Waals surface area contributed by atoms with Crippen molar-refractivity contribution in [3.8, 4) is 0 Å². The van der Waals surface area contributed by atoms with Crippen molar-refractivity contribution in [2.45, 2.75) is 65.3 Å². The van der Waals surface area contributed by atoms with Crippen molar-refractivity contribution in [2.75, 3.05) is 6.61 Å². The lowest BCUT2D eigenvalue weighted by Crippen LogP contribution is -2.61. The molecule has 150 valence electrons. The number of alkyl carbamates (subject to hydrolysis) is 2. The number of hydrogen-bond donors (Lipinski definition) is 3. The summed E-state index contributed by atoms with van der Waals surface area (Å²) in [7, 11) is 0. The van der Waals surface area contributed by atoms with Crippen molar-refractivity contribution in [3.05, 3.63) is 35.4 Å². The van der Waals surface area contributed by atoms with Gasteiger partial charge in [-0.2, -0.15) is 0 Å². The first-order valence-corrected chi connectivity index (χ1v) is 9.06. The molecule has 2 rings (SSSR count). The molecule has 1 aliphatic rings. The fourth-order valence-electron chi connectivity index (χ4n) is 3.02. The van der Waals surface area contributed by atoms with Gasteiger partial charge in [-0.1, -0.05) is 43.7 Å². The average molecular weight is 378 g/mol. The molecule has 7 heteroatoms. The molecule has 1 saturated heterocycles. The quantitative estimate of drug-likeness (QED) is 0.748. The van der Waals surface area contributed by atoms with Crippen LogP contribution in [-0.2, 0) is 9.47 Å². The van der Waals surface area contributed by atoms with E-state index in [1.807, 2.05) is 45.0 Å². The largest absolute Gasteiger partial charge is 0.449 e. The van der Waals surface area contributed by atoms with Crippen LogP contribution in [0.4, 0.5) is 9.59 Å². The molecule has 1 aromatic carbocycles. The zero-order chi connectivity index (χ0) is 20.4. The van der Waals surface area contributed by atoms with E-state index in [1.165, 1.54) is 0 Å². The first-order chi connectivity index (χ1) is 12.4. The molecule has 1 aliphatic heterocycles. The standard InChI is InChI=1S/C20H30N2O5/c1-12-7-9-13(10-8-12)14(21-18(25)27-19(2,3)4)15(23)16-20(5,6)11-26-17(24)22-16/h7-10,14-16,23H,11H2,1-6H3,(H,21,25)(H,22,24)/t14-,15+,16+/m0/s1. The zero-order valence-corrected chi connectivity index (χ0v) is 16.8. The normalized spacial score (nSPS) is 21.4.